The summed E-state index contributed by atoms with van der Waals surface area (Å²) >= 11 is 0. The van der Waals surface area contributed by atoms with E-state index in [9.17, 15) is 0 Å². The molecule has 1 aromatic carbocycles. The van der Waals surface area contributed by atoms with Gasteiger partial charge in [-0.25, -0.2) is 0 Å². The number of hydrogen-bond donors (Lipinski definition) is 1. The number of hydrogen-bond acceptors (Lipinski definition) is 4. The minimum absolute atomic E-state index is 0. The van der Waals surface area contributed by atoms with Crippen molar-refractivity contribution in [2.75, 3.05) is 38.1 Å². The number of benzene rings is 1. The molecule has 0 saturated carbocycles. The van der Waals surface area contributed by atoms with Crippen LogP contribution in [0.25, 0.3) is 0 Å². The van der Waals surface area contributed by atoms with Gasteiger partial charge in [-0.05, 0) is 17.7 Å². The lowest BCUT2D eigenvalue weighted by Gasteiger charge is -2.19. The SMILES string of the molecule is CN1CCN=C1NCc1cccc(N2CC=CC2)c1.I. The van der Waals surface area contributed by atoms with Crippen LogP contribution < -0.4 is 10.2 Å². The standard InChI is InChI=1S/C15H20N4.HI/c1-18-10-7-16-15(18)17-12-13-5-4-6-14(11-13)19-8-2-3-9-19;/h2-6,11H,7-10,12H2,1H3,(H,16,17);1H. The molecule has 5 heteroatoms. The lowest BCUT2D eigenvalue weighted by molar-refractivity contribution is 0.534. The van der Waals surface area contributed by atoms with E-state index in [-0.39, 0.29) is 24.0 Å². The van der Waals surface area contributed by atoms with Crippen molar-refractivity contribution in [2.45, 2.75) is 6.54 Å². The number of anilines is 1. The molecule has 0 radical (unpaired) electrons. The van der Waals surface area contributed by atoms with Crippen molar-refractivity contribution in [1.29, 1.82) is 0 Å². The molecule has 0 amide bonds. The van der Waals surface area contributed by atoms with Crippen molar-refractivity contribution in [3.8, 4) is 0 Å². The highest BCUT2D eigenvalue weighted by molar-refractivity contribution is 14.0. The fourth-order valence-corrected chi connectivity index (χ4v) is 2.46. The van der Waals surface area contributed by atoms with Gasteiger partial charge in [0, 0.05) is 38.9 Å². The largest absolute Gasteiger partial charge is 0.364 e. The van der Waals surface area contributed by atoms with Gasteiger partial charge in [0.25, 0.3) is 0 Å². The van der Waals surface area contributed by atoms with E-state index in [0.717, 1.165) is 38.7 Å². The molecule has 0 aliphatic carbocycles. The molecule has 3 rings (SSSR count). The van der Waals surface area contributed by atoms with Crippen LogP contribution >= 0.6 is 24.0 Å². The van der Waals surface area contributed by atoms with E-state index < -0.39 is 0 Å². The molecule has 0 bridgehead atoms. The molecular formula is C15H21IN4. The molecule has 2 aliphatic heterocycles. The molecule has 0 aromatic heterocycles. The van der Waals surface area contributed by atoms with Crippen LogP contribution in [0.5, 0.6) is 0 Å². The van der Waals surface area contributed by atoms with Crippen molar-refractivity contribution >= 4 is 35.6 Å². The Hall–Kier alpha value is -1.24. The second-order valence-corrected chi connectivity index (χ2v) is 5.03. The molecule has 0 atom stereocenters. The Balaban J connectivity index is 0.00000147. The van der Waals surface area contributed by atoms with Gasteiger partial charge < -0.3 is 15.1 Å². The third kappa shape index (κ3) is 3.45. The van der Waals surface area contributed by atoms with Crippen LogP contribution in [0.3, 0.4) is 0 Å². The number of nitrogens with one attached hydrogen (secondary N) is 1. The third-order valence-electron chi connectivity index (χ3n) is 3.60. The maximum Gasteiger partial charge on any atom is 0.194 e. The predicted molar refractivity (Wildman–Crippen MR) is 95.0 cm³/mol. The fraction of sp³-hybridized carbons (Fsp3) is 0.400. The second-order valence-electron chi connectivity index (χ2n) is 5.03. The Morgan fingerprint density at radius 1 is 1.25 bits per heavy atom. The first-order valence-corrected chi connectivity index (χ1v) is 6.81. The Kier molecular flexibility index (Phi) is 5.28. The Bertz CT molecular complexity index is 504. The minimum atomic E-state index is 0. The summed E-state index contributed by atoms with van der Waals surface area (Å²) < 4.78 is 0. The first-order valence-electron chi connectivity index (χ1n) is 6.81. The highest BCUT2D eigenvalue weighted by Gasteiger charge is 2.12. The van der Waals surface area contributed by atoms with Crippen LogP contribution in [-0.4, -0.2) is 44.1 Å². The van der Waals surface area contributed by atoms with Crippen molar-refractivity contribution < 1.29 is 0 Å². The van der Waals surface area contributed by atoms with Crippen molar-refractivity contribution in [2.24, 2.45) is 4.99 Å². The van der Waals surface area contributed by atoms with E-state index in [4.69, 9.17) is 0 Å². The van der Waals surface area contributed by atoms with Gasteiger partial charge in [-0.15, -0.1) is 24.0 Å². The number of rotatable bonds is 3. The number of likely N-dealkylation sites (N-methyl/N-ethyl adjacent to an activating group) is 1. The van der Waals surface area contributed by atoms with Gasteiger partial charge in [-0.2, -0.15) is 0 Å². The first kappa shape index (κ1) is 15.2. The fourth-order valence-electron chi connectivity index (χ4n) is 2.46. The number of aliphatic imine (C=N–C) groups is 1. The van der Waals surface area contributed by atoms with Crippen molar-refractivity contribution in [3.05, 3.63) is 42.0 Å². The summed E-state index contributed by atoms with van der Waals surface area (Å²) in [5.41, 5.74) is 2.60. The molecule has 1 aromatic rings. The molecule has 20 heavy (non-hydrogen) atoms. The molecule has 0 saturated heterocycles. The lowest BCUT2D eigenvalue weighted by atomic mass is 10.2. The maximum absolute atomic E-state index is 4.44. The van der Waals surface area contributed by atoms with Crippen LogP contribution in [0.15, 0.2) is 41.4 Å². The minimum Gasteiger partial charge on any atom is -0.364 e. The molecule has 4 nitrogen and oxygen atoms in total. The highest BCUT2D eigenvalue weighted by atomic mass is 127. The highest BCUT2D eigenvalue weighted by Crippen LogP contribution is 2.18. The molecule has 0 unspecified atom stereocenters. The van der Waals surface area contributed by atoms with Crippen LogP contribution in [0, 0.1) is 0 Å². The second kappa shape index (κ2) is 6.97. The third-order valence-corrected chi connectivity index (χ3v) is 3.60. The Morgan fingerprint density at radius 3 is 2.75 bits per heavy atom. The molecular weight excluding hydrogens is 363 g/mol. The van der Waals surface area contributed by atoms with Crippen LogP contribution in [0.4, 0.5) is 5.69 Å². The lowest BCUT2D eigenvalue weighted by Crippen LogP contribution is -2.35. The summed E-state index contributed by atoms with van der Waals surface area (Å²) in [6, 6.07) is 8.73. The molecule has 1 N–H and O–H groups in total. The van der Waals surface area contributed by atoms with Gasteiger partial charge in [-0.1, -0.05) is 24.3 Å². The van der Waals surface area contributed by atoms with E-state index in [1.54, 1.807) is 0 Å². The zero-order valence-electron chi connectivity index (χ0n) is 11.7. The van der Waals surface area contributed by atoms with Crippen LogP contribution in [0.1, 0.15) is 5.56 Å². The predicted octanol–water partition coefficient (Wildman–Crippen LogP) is 2.07. The summed E-state index contributed by atoms with van der Waals surface area (Å²) in [5, 5.41) is 3.41. The molecule has 0 fully saturated rings. The Labute approximate surface area is 137 Å². The van der Waals surface area contributed by atoms with Gasteiger partial charge in [0.05, 0.1) is 6.54 Å². The quantitative estimate of drug-likeness (QED) is 0.640. The average Bonchev–Trinajstić information content (AvgIpc) is 3.08. The number of guanidine groups is 1. The van der Waals surface area contributed by atoms with E-state index in [1.807, 2.05) is 0 Å². The summed E-state index contributed by atoms with van der Waals surface area (Å²) in [5.74, 6) is 1.01. The smallest absolute Gasteiger partial charge is 0.194 e. The molecule has 0 spiro atoms. The normalized spacial score (nSPS) is 17.1. The number of halogens is 1. The average molecular weight is 384 g/mol. The first-order chi connectivity index (χ1) is 9.33. The van der Waals surface area contributed by atoms with Gasteiger partial charge in [-0.3, -0.25) is 4.99 Å². The van der Waals surface area contributed by atoms with E-state index in [2.05, 4.69) is 63.6 Å². The zero-order valence-corrected chi connectivity index (χ0v) is 14.1. The van der Waals surface area contributed by atoms with Crippen LogP contribution in [-0.2, 0) is 6.54 Å². The van der Waals surface area contributed by atoms with Gasteiger partial charge in [0.2, 0.25) is 0 Å². The van der Waals surface area contributed by atoms with Crippen molar-refractivity contribution in [1.82, 2.24) is 10.2 Å². The molecule has 2 aliphatic rings. The summed E-state index contributed by atoms with van der Waals surface area (Å²) in [6.45, 7) is 4.79. The molecule has 2 heterocycles. The Morgan fingerprint density at radius 2 is 2.05 bits per heavy atom. The summed E-state index contributed by atoms with van der Waals surface area (Å²) in [6.07, 6.45) is 4.43. The maximum atomic E-state index is 4.44. The van der Waals surface area contributed by atoms with E-state index in [0.29, 0.717) is 0 Å². The summed E-state index contributed by atoms with van der Waals surface area (Å²) in [4.78, 5) is 8.97. The topological polar surface area (TPSA) is 30.9 Å². The zero-order chi connectivity index (χ0) is 13.1. The van der Waals surface area contributed by atoms with Gasteiger partial charge in [0.15, 0.2) is 5.96 Å². The summed E-state index contributed by atoms with van der Waals surface area (Å²) in [7, 11) is 2.07. The molecule has 108 valence electrons. The van der Waals surface area contributed by atoms with Gasteiger partial charge >= 0.3 is 0 Å². The monoisotopic (exact) mass is 384 g/mol. The number of nitrogens with zero attached hydrogens (tertiary/aromatic N) is 3. The van der Waals surface area contributed by atoms with E-state index >= 15 is 0 Å². The van der Waals surface area contributed by atoms with Gasteiger partial charge in [0.1, 0.15) is 0 Å². The van der Waals surface area contributed by atoms with Crippen molar-refractivity contribution in [3.63, 3.8) is 0 Å². The van der Waals surface area contributed by atoms with E-state index in [1.165, 1.54) is 11.3 Å². The van der Waals surface area contributed by atoms with Crippen LogP contribution in [0.2, 0.25) is 0 Å².